The molecule has 0 fully saturated rings. The van der Waals surface area contributed by atoms with Crippen LogP contribution in [0.25, 0.3) is 10.9 Å². The molecule has 0 saturated heterocycles. The summed E-state index contributed by atoms with van der Waals surface area (Å²) in [4.78, 5) is 3.33. The molecule has 1 aromatic carbocycles. The van der Waals surface area contributed by atoms with E-state index in [-0.39, 0.29) is 5.76 Å². The minimum atomic E-state index is -0.409. The normalized spacial score (nSPS) is 11.8. The van der Waals surface area contributed by atoms with Gasteiger partial charge in [-0.2, -0.15) is 0 Å². The largest absolute Gasteiger partial charge is 0.511 e. The molecule has 1 aromatic heterocycles. The van der Waals surface area contributed by atoms with Crippen LogP contribution >= 0.6 is 0 Å². The number of nitrogens with one attached hydrogen (secondary N) is 1. The van der Waals surface area contributed by atoms with Crippen LogP contribution < -0.4 is 5.73 Å². The van der Waals surface area contributed by atoms with Gasteiger partial charge in [-0.1, -0.05) is 32.1 Å². The van der Waals surface area contributed by atoms with Crippen molar-refractivity contribution in [3.63, 3.8) is 0 Å². The van der Waals surface area contributed by atoms with Gasteiger partial charge in [-0.15, -0.1) is 0 Å². The van der Waals surface area contributed by atoms with Crippen LogP contribution in [0.15, 0.2) is 30.5 Å². The van der Waals surface area contributed by atoms with E-state index in [4.69, 9.17) is 5.73 Å². The van der Waals surface area contributed by atoms with Gasteiger partial charge in [-0.25, -0.2) is 0 Å². The van der Waals surface area contributed by atoms with Crippen molar-refractivity contribution in [2.24, 2.45) is 5.73 Å². The van der Waals surface area contributed by atoms with Crippen LogP contribution in [0.5, 0.6) is 0 Å². The Hall–Kier alpha value is -1.74. The van der Waals surface area contributed by atoms with Crippen molar-refractivity contribution in [1.82, 2.24) is 4.98 Å². The Kier molecular flexibility index (Phi) is 5.19. The minimum absolute atomic E-state index is 0.0337. The lowest BCUT2D eigenvalue weighted by atomic mass is 10.0. The highest BCUT2D eigenvalue weighted by molar-refractivity contribution is 5.85. The second kappa shape index (κ2) is 6.43. The van der Waals surface area contributed by atoms with Gasteiger partial charge in [0.25, 0.3) is 0 Å². The predicted molar refractivity (Wildman–Crippen MR) is 82.6 cm³/mol. The van der Waals surface area contributed by atoms with E-state index < -0.39 is 6.04 Å². The average Bonchev–Trinajstić information content (AvgIpc) is 2.68. The van der Waals surface area contributed by atoms with Crippen molar-refractivity contribution in [3.8, 4) is 0 Å². The quantitative estimate of drug-likeness (QED) is 0.736. The van der Waals surface area contributed by atoms with Crippen LogP contribution in [0.4, 0.5) is 0 Å². The van der Waals surface area contributed by atoms with Crippen molar-refractivity contribution in [2.45, 2.75) is 40.2 Å². The van der Waals surface area contributed by atoms with Crippen molar-refractivity contribution in [2.75, 3.05) is 0 Å². The second-order valence-electron chi connectivity index (χ2n) is 4.58. The summed E-state index contributed by atoms with van der Waals surface area (Å²) in [5, 5.41) is 10.5. The minimum Gasteiger partial charge on any atom is -0.511 e. The smallest absolute Gasteiger partial charge is 0.102 e. The van der Waals surface area contributed by atoms with E-state index in [0.717, 1.165) is 16.8 Å². The van der Waals surface area contributed by atoms with E-state index in [1.165, 1.54) is 10.9 Å². The summed E-state index contributed by atoms with van der Waals surface area (Å²) in [6.45, 7) is 11.6. The number of fused-ring (bicyclic) bond motifs is 1. The molecule has 104 valence electrons. The third-order valence-corrected chi connectivity index (χ3v) is 3.13. The first-order chi connectivity index (χ1) is 8.99. The van der Waals surface area contributed by atoms with E-state index in [1.54, 1.807) is 0 Å². The summed E-state index contributed by atoms with van der Waals surface area (Å²) in [6, 6.07) is 5.88. The average molecular weight is 260 g/mol. The highest BCUT2D eigenvalue weighted by Crippen LogP contribution is 2.24. The van der Waals surface area contributed by atoms with Gasteiger partial charge in [-0.05, 0) is 38.0 Å². The molecule has 0 aliphatic heterocycles. The fraction of sp³-hybridized carbons (Fsp3) is 0.375. The third kappa shape index (κ3) is 3.38. The molecule has 0 saturated carbocycles. The van der Waals surface area contributed by atoms with Gasteiger partial charge >= 0.3 is 0 Å². The zero-order valence-electron chi connectivity index (χ0n) is 12.2. The number of aromatic nitrogens is 1. The van der Waals surface area contributed by atoms with Crippen LogP contribution in [0.3, 0.4) is 0 Å². The first-order valence-corrected chi connectivity index (χ1v) is 6.70. The molecule has 0 aliphatic rings. The SMILES string of the molecule is C=C(O)C(N)Cc1c(C)[nH]c2ccc(C)cc12.CC. The lowest BCUT2D eigenvalue weighted by molar-refractivity contribution is 0.368. The zero-order chi connectivity index (χ0) is 14.6. The highest BCUT2D eigenvalue weighted by atomic mass is 16.3. The van der Waals surface area contributed by atoms with E-state index in [2.05, 4.69) is 36.7 Å². The maximum absolute atomic E-state index is 9.31. The summed E-state index contributed by atoms with van der Waals surface area (Å²) >= 11 is 0. The number of aliphatic hydroxyl groups is 1. The third-order valence-electron chi connectivity index (χ3n) is 3.13. The first kappa shape index (κ1) is 15.3. The number of hydrogen-bond donors (Lipinski definition) is 3. The molecule has 3 nitrogen and oxygen atoms in total. The summed E-state index contributed by atoms with van der Waals surface area (Å²) < 4.78 is 0. The number of aryl methyl sites for hydroxylation is 2. The topological polar surface area (TPSA) is 62.0 Å². The maximum atomic E-state index is 9.31. The van der Waals surface area contributed by atoms with Gasteiger partial charge < -0.3 is 15.8 Å². The molecule has 3 heteroatoms. The van der Waals surface area contributed by atoms with Gasteiger partial charge in [0.1, 0.15) is 5.76 Å². The molecule has 0 radical (unpaired) electrons. The van der Waals surface area contributed by atoms with Gasteiger partial charge in [-0.3, -0.25) is 0 Å². The Morgan fingerprint density at radius 2 is 2.00 bits per heavy atom. The van der Waals surface area contributed by atoms with Crippen LogP contribution in [0, 0.1) is 13.8 Å². The Balaban J connectivity index is 0.000000861. The number of benzene rings is 1. The fourth-order valence-electron chi connectivity index (χ4n) is 2.10. The lowest BCUT2D eigenvalue weighted by Gasteiger charge is -2.10. The number of hydrogen-bond acceptors (Lipinski definition) is 2. The van der Waals surface area contributed by atoms with E-state index in [9.17, 15) is 5.11 Å². The molecule has 1 heterocycles. The van der Waals surface area contributed by atoms with E-state index in [1.807, 2.05) is 20.8 Å². The van der Waals surface area contributed by atoms with Gasteiger partial charge in [0.2, 0.25) is 0 Å². The summed E-state index contributed by atoms with van der Waals surface area (Å²) in [6.07, 6.45) is 0.602. The van der Waals surface area contributed by atoms with Gasteiger partial charge in [0, 0.05) is 16.6 Å². The molecule has 4 N–H and O–H groups in total. The molecule has 1 unspecified atom stereocenters. The predicted octanol–water partition coefficient (Wildman–Crippen LogP) is 3.75. The van der Waals surface area contributed by atoms with Gasteiger partial charge in [0.15, 0.2) is 0 Å². The molecule has 19 heavy (non-hydrogen) atoms. The van der Waals surface area contributed by atoms with Crippen LogP contribution in [0.1, 0.15) is 30.7 Å². The summed E-state index contributed by atoms with van der Waals surface area (Å²) in [7, 11) is 0. The molecular weight excluding hydrogens is 236 g/mol. The Bertz CT molecular complexity index is 569. The Morgan fingerprint density at radius 3 is 2.58 bits per heavy atom. The van der Waals surface area contributed by atoms with Crippen LogP contribution in [-0.2, 0) is 6.42 Å². The molecule has 0 bridgehead atoms. The molecule has 0 spiro atoms. The number of aliphatic hydroxyl groups excluding tert-OH is 1. The monoisotopic (exact) mass is 260 g/mol. The molecule has 0 amide bonds. The standard InChI is InChI=1S/C14H18N2O.C2H6/c1-8-4-5-14-12(6-8)11(9(2)16-14)7-13(15)10(3)17;1-2/h4-6,13,16-17H,3,7,15H2,1-2H3;1-2H3. The molecular formula is C16H24N2O. The van der Waals surface area contributed by atoms with Crippen molar-refractivity contribution >= 4 is 10.9 Å². The molecule has 2 rings (SSSR count). The molecule has 0 aliphatic carbocycles. The fourth-order valence-corrected chi connectivity index (χ4v) is 2.10. The lowest BCUT2D eigenvalue weighted by Crippen LogP contribution is -2.24. The summed E-state index contributed by atoms with van der Waals surface area (Å²) in [5.41, 5.74) is 10.4. The zero-order valence-corrected chi connectivity index (χ0v) is 12.2. The van der Waals surface area contributed by atoms with Crippen LogP contribution in [0.2, 0.25) is 0 Å². The first-order valence-electron chi connectivity index (χ1n) is 6.70. The number of nitrogens with two attached hydrogens (primary N) is 1. The Morgan fingerprint density at radius 1 is 1.37 bits per heavy atom. The number of rotatable bonds is 3. The van der Waals surface area contributed by atoms with Crippen molar-refractivity contribution < 1.29 is 5.11 Å². The number of aromatic amines is 1. The van der Waals surface area contributed by atoms with E-state index >= 15 is 0 Å². The summed E-state index contributed by atoms with van der Waals surface area (Å²) in [5.74, 6) is 0.0337. The van der Waals surface area contributed by atoms with Crippen molar-refractivity contribution in [1.29, 1.82) is 0 Å². The number of H-pyrrole nitrogens is 1. The van der Waals surface area contributed by atoms with Gasteiger partial charge in [0.05, 0.1) is 6.04 Å². The maximum Gasteiger partial charge on any atom is 0.102 e. The second-order valence-corrected chi connectivity index (χ2v) is 4.58. The van der Waals surface area contributed by atoms with Crippen LogP contribution in [-0.4, -0.2) is 16.1 Å². The Labute approximate surface area is 115 Å². The van der Waals surface area contributed by atoms with Crippen molar-refractivity contribution in [3.05, 3.63) is 47.4 Å². The molecule has 2 aromatic rings. The molecule has 1 atom stereocenters. The highest BCUT2D eigenvalue weighted by Gasteiger charge is 2.13. The van der Waals surface area contributed by atoms with E-state index in [0.29, 0.717) is 6.42 Å².